The zero-order chi connectivity index (χ0) is 13.7. The van der Waals surface area contributed by atoms with E-state index in [1.807, 2.05) is 0 Å². The van der Waals surface area contributed by atoms with Crippen molar-refractivity contribution in [3.63, 3.8) is 0 Å². The first-order valence-electron chi connectivity index (χ1n) is 5.52. The molecule has 100 valence electrons. The molecule has 19 heavy (non-hydrogen) atoms. The topological polar surface area (TPSA) is 46.1 Å². The maximum Gasteiger partial charge on any atom is 0.233 e. The molecule has 0 unspecified atom stereocenters. The summed E-state index contributed by atoms with van der Waals surface area (Å²) in [5.41, 5.74) is 2.40. The first-order chi connectivity index (χ1) is 9.15. The van der Waals surface area contributed by atoms with Crippen molar-refractivity contribution in [2.24, 2.45) is 0 Å². The lowest BCUT2D eigenvalue weighted by molar-refractivity contribution is -0.127. The Balaban J connectivity index is 1.85. The van der Waals surface area contributed by atoms with E-state index in [-0.39, 0.29) is 11.7 Å². The second-order valence-corrected chi connectivity index (χ2v) is 5.93. The van der Waals surface area contributed by atoms with E-state index in [1.54, 1.807) is 29.6 Å². The van der Waals surface area contributed by atoms with Crippen molar-refractivity contribution in [3.05, 3.63) is 41.2 Å². The minimum Gasteiger partial charge on any atom is -0.341 e. The van der Waals surface area contributed by atoms with Crippen molar-refractivity contribution in [1.29, 1.82) is 0 Å². The van der Waals surface area contributed by atoms with E-state index in [0.29, 0.717) is 12.3 Å². The fraction of sp³-hybridized carbons (Fsp3) is 0.250. The van der Waals surface area contributed by atoms with Crippen LogP contribution in [0.15, 0.2) is 34.1 Å². The molecule has 1 amide bonds. The van der Waals surface area contributed by atoms with E-state index in [4.69, 9.17) is 0 Å². The van der Waals surface area contributed by atoms with Gasteiger partial charge >= 0.3 is 0 Å². The van der Waals surface area contributed by atoms with Gasteiger partial charge in [-0.2, -0.15) is 0 Å². The Morgan fingerprint density at radius 1 is 1.53 bits per heavy atom. The number of hydrogen-bond donors (Lipinski definition) is 0. The van der Waals surface area contributed by atoms with Crippen molar-refractivity contribution in [3.8, 4) is 0 Å². The number of nitrogens with zero attached hydrogens (tertiary/aromatic N) is 3. The summed E-state index contributed by atoms with van der Waals surface area (Å²) in [6, 6.07) is 6.25. The van der Waals surface area contributed by atoms with Crippen molar-refractivity contribution in [2.75, 3.05) is 12.8 Å². The third-order valence-corrected chi connectivity index (χ3v) is 4.24. The number of carbonyl (C=O) groups is 1. The minimum atomic E-state index is -0.290. The van der Waals surface area contributed by atoms with E-state index in [1.165, 1.54) is 35.2 Å². The quantitative estimate of drug-likeness (QED) is 0.795. The molecule has 0 saturated carbocycles. The maximum absolute atomic E-state index is 13.0. The molecule has 7 heteroatoms. The minimum absolute atomic E-state index is 0.0236. The lowest BCUT2D eigenvalue weighted by Crippen LogP contribution is -2.27. The highest BCUT2D eigenvalue weighted by Crippen LogP contribution is 2.19. The number of rotatable bonds is 5. The zero-order valence-electron chi connectivity index (χ0n) is 10.2. The average Bonchev–Trinajstić information content (AvgIpc) is 2.89. The van der Waals surface area contributed by atoms with Crippen LogP contribution in [0.1, 0.15) is 5.56 Å². The largest absolute Gasteiger partial charge is 0.341 e. The molecule has 0 atom stereocenters. The molecule has 1 aromatic carbocycles. The molecule has 0 N–H and O–H groups in total. The molecular formula is C12H12FN3OS2. The van der Waals surface area contributed by atoms with Crippen molar-refractivity contribution < 1.29 is 9.18 Å². The predicted molar refractivity (Wildman–Crippen MR) is 73.5 cm³/mol. The SMILES string of the molecule is CN(Cc1cccc(F)c1)C(=O)CSc1nncs1. The van der Waals surface area contributed by atoms with Gasteiger partial charge in [-0.1, -0.05) is 35.2 Å². The second kappa shape index (κ2) is 6.63. The van der Waals surface area contributed by atoms with Crippen LogP contribution < -0.4 is 0 Å². The van der Waals surface area contributed by atoms with Gasteiger partial charge in [0.2, 0.25) is 5.91 Å². The summed E-state index contributed by atoms with van der Waals surface area (Å²) < 4.78 is 13.8. The summed E-state index contributed by atoms with van der Waals surface area (Å²) in [4.78, 5) is 13.5. The fourth-order valence-corrected chi connectivity index (χ4v) is 2.89. The van der Waals surface area contributed by atoms with Crippen LogP contribution in [0.4, 0.5) is 4.39 Å². The van der Waals surface area contributed by atoms with Crippen LogP contribution in [0.5, 0.6) is 0 Å². The van der Waals surface area contributed by atoms with E-state index in [2.05, 4.69) is 10.2 Å². The maximum atomic E-state index is 13.0. The Hall–Kier alpha value is -1.47. The summed E-state index contributed by atoms with van der Waals surface area (Å²) in [5.74, 6) is -0.00729. The van der Waals surface area contributed by atoms with Crippen LogP contribution in [-0.2, 0) is 11.3 Å². The summed E-state index contributed by atoms with van der Waals surface area (Å²) in [6.07, 6.45) is 0. The van der Waals surface area contributed by atoms with Gasteiger partial charge in [-0.25, -0.2) is 4.39 Å². The second-order valence-electron chi connectivity index (χ2n) is 3.87. The van der Waals surface area contributed by atoms with Crippen LogP contribution in [0.3, 0.4) is 0 Å². The first kappa shape index (κ1) is 14.0. The molecule has 0 radical (unpaired) electrons. The van der Waals surface area contributed by atoms with E-state index < -0.39 is 0 Å². The summed E-state index contributed by atoms with van der Waals surface area (Å²) in [6.45, 7) is 0.396. The van der Waals surface area contributed by atoms with Gasteiger partial charge in [-0.3, -0.25) is 4.79 Å². The molecule has 0 aliphatic rings. The standard InChI is InChI=1S/C12H12FN3OS2/c1-16(6-9-3-2-4-10(13)5-9)11(17)7-18-12-15-14-8-19-12/h2-5,8H,6-7H2,1H3. The molecule has 1 aromatic heterocycles. The molecular weight excluding hydrogens is 285 g/mol. The highest BCUT2D eigenvalue weighted by atomic mass is 32.2. The van der Waals surface area contributed by atoms with Gasteiger partial charge in [0.05, 0.1) is 5.75 Å². The van der Waals surface area contributed by atoms with Gasteiger partial charge in [-0.05, 0) is 17.7 Å². The number of benzene rings is 1. The Bertz CT molecular complexity index is 548. The number of amides is 1. The van der Waals surface area contributed by atoms with E-state index in [0.717, 1.165) is 9.90 Å². The molecule has 2 rings (SSSR count). The van der Waals surface area contributed by atoms with Gasteiger partial charge in [0, 0.05) is 13.6 Å². The summed E-state index contributed by atoms with van der Waals surface area (Å²) >= 11 is 2.76. The van der Waals surface area contributed by atoms with Crippen LogP contribution >= 0.6 is 23.1 Å². The fourth-order valence-electron chi connectivity index (χ4n) is 1.46. The Kier molecular flexibility index (Phi) is 4.86. The Labute approximate surface area is 118 Å². The number of carbonyl (C=O) groups excluding carboxylic acids is 1. The number of hydrogen-bond acceptors (Lipinski definition) is 5. The predicted octanol–water partition coefficient (Wildman–Crippen LogP) is 2.43. The summed E-state index contributed by atoms with van der Waals surface area (Å²) in [7, 11) is 1.70. The first-order valence-corrected chi connectivity index (χ1v) is 7.39. The van der Waals surface area contributed by atoms with Gasteiger partial charge in [0.15, 0.2) is 4.34 Å². The smallest absolute Gasteiger partial charge is 0.233 e. The zero-order valence-corrected chi connectivity index (χ0v) is 11.9. The molecule has 0 aliphatic carbocycles. The Morgan fingerprint density at radius 3 is 3.05 bits per heavy atom. The van der Waals surface area contributed by atoms with E-state index in [9.17, 15) is 9.18 Å². The lowest BCUT2D eigenvalue weighted by Gasteiger charge is -2.16. The molecule has 0 aliphatic heterocycles. The van der Waals surface area contributed by atoms with Crippen LogP contribution in [0, 0.1) is 5.82 Å². The highest BCUT2D eigenvalue weighted by molar-refractivity contribution is 8.01. The molecule has 0 bridgehead atoms. The number of thioether (sulfide) groups is 1. The lowest BCUT2D eigenvalue weighted by atomic mass is 10.2. The molecule has 1 heterocycles. The average molecular weight is 297 g/mol. The highest BCUT2D eigenvalue weighted by Gasteiger charge is 2.11. The van der Waals surface area contributed by atoms with Gasteiger partial charge in [-0.15, -0.1) is 10.2 Å². The molecule has 0 saturated heterocycles. The van der Waals surface area contributed by atoms with E-state index >= 15 is 0 Å². The molecule has 0 spiro atoms. The third-order valence-electron chi connectivity index (χ3n) is 2.39. The number of halogens is 1. The van der Waals surface area contributed by atoms with Crippen molar-refractivity contribution in [1.82, 2.24) is 15.1 Å². The van der Waals surface area contributed by atoms with Gasteiger partial charge in [0.1, 0.15) is 11.3 Å². The monoisotopic (exact) mass is 297 g/mol. The van der Waals surface area contributed by atoms with Crippen molar-refractivity contribution in [2.45, 2.75) is 10.9 Å². The normalized spacial score (nSPS) is 10.4. The summed E-state index contributed by atoms with van der Waals surface area (Å²) in [5, 5.41) is 7.56. The van der Waals surface area contributed by atoms with Crippen LogP contribution in [0.25, 0.3) is 0 Å². The number of aromatic nitrogens is 2. The molecule has 2 aromatic rings. The van der Waals surface area contributed by atoms with Gasteiger partial charge in [0.25, 0.3) is 0 Å². The third kappa shape index (κ3) is 4.29. The molecule has 0 fully saturated rings. The molecule has 4 nitrogen and oxygen atoms in total. The van der Waals surface area contributed by atoms with Crippen molar-refractivity contribution >= 4 is 29.0 Å². The van der Waals surface area contributed by atoms with Crippen LogP contribution in [0.2, 0.25) is 0 Å². The van der Waals surface area contributed by atoms with Gasteiger partial charge < -0.3 is 4.90 Å². The van der Waals surface area contributed by atoms with Crippen LogP contribution in [-0.4, -0.2) is 33.8 Å². The Morgan fingerprint density at radius 2 is 2.37 bits per heavy atom.